The van der Waals surface area contributed by atoms with Gasteiger partial charge in [-0.15, -0.1) is 0 Å². The number of hydrogen-bond donors (Lipinski definition) is 1. The number of carbonyl (C=O) groups is 2. The van der Waals surface area contributed by atoms with Gasteiger partial charge in [0.25, 0.3) is 11.8 Å². The van der Waals surface area contributed by atoms with E-state index in [0.717, 1.165) is 10.6 Å². The van der Waals surface area contributed by atoms with Gasteiger partial charge in [-0.05, 0) is 36.8 Å². The van der Waals surface area contributed by atoms with Crippen molar-refractivity contribution >= 4 is 17.5 Å². The van der Waals surface area contributed by atoms with Crippen molar-refractivity contribution in [1.82, 2.24) is 5.06 Å². The lowest BCUT2D eigenvalue weighted by Crippen LogP contribution is -2.25. The molecule has 0 atom stereocenters. The second kappa shape index (κ2) is 6.23. The summed E-state index contributed by atoms with van der Waals surface area (Å²) in [5.41, 5.74) is 1.80. The average molecular weight is 288 g/mol. The molecule has 21 heavy (non-hydrogen) atoms. The molecule has 2 aromatic rings. The first-order valence-electron chi connectivity index (χ1n) is 6.30. The Hall–Kier alpha value is -2.60. The van der Waals surface area contributed by atoms with E-state index in [2.05, 4.69) is 5.32 Å². The van der Waals surface area contributed by atoms with Gasteiger partial charge < -0.3 is 9.73 Å². The van der Waals surface area contributed by atoms with Gasteiger partial charge in [0.05, 0.1) is 13.4 Å². The van der Waals surface area contributed by atoms with Gasteiger partial charge in [-0.25, -0.2) is 5.06 Å². The van der Waals surface area contributed by atoms with Crippen LogP contribution >= 0.6 is 0 Å². The van der Waals surface area contributed by atoms with Gasteiger partial charge in [0.1, 0.15) is 0 Å². The Morgan fingerprint density at radius 1 is 1.29 bits per heavy atom. The van der Waals surface area contributed by atoms with Crippen LogP contribution in [0.3, 0.4) is 0 Å². The summed E-state index contributed by atoms with van der Waals surface area (Å²) in [6.07, 6.45) is 1.43. The normalized spacial score (nSPS) is 10.2. The van der Waals surface area contributed by atoms with Crippen LogP contribution < -0.4 is 5.32 Å². The summed E-state index contributed by atoms with van der Waals surface area (Å²) in [5.74, 6) is -0.459. The van der Waals surface area contributed by atoms with Gasteiger partial charge in [0.15, 0.2) is 5.76 Å². The van der Waals surface area contributed by atoms with Crippen LogP contribution in [0, 0.1) is 6.92 Å². The summed E-state index contributed by atoms with van der Waals surface area (Å²) in [7, 11) is 2.93. The maximum Gasteiger partial charge on any atom is 0.291 e. The maximum absolute atomic E-state index is 12.0. The van der Waals surface area contributed by atoms with Gasteiger partial charge in [-0.2, -0.15) is 0 Å². The molecule has 2 rings (SSSR count). The van der Waals surface area contributed by atoms with E-state index >= 15 is 0 Å². The van der Waals surface area contributed by atoms with Crippen molar-refractivity contribution in [3.05, 3.63) is 53.5 Å². The Morgan fingerprint density at radius 3 is 2.67 bits per heavy atom. The highest BCUT2D eigenvalue weighted by atomic mass is 16.7. The first-order valence-corrected chi connectivity index (χ1v) is 6.30. The lowest BCUT2D eigenvalue weighted by Gasteiger charge is -2.15. The number of furan rings is 1. The summed E-state index contributed by atoms with van der Waals surface area (Å²) in [6, 6.07) is 8.24. The molecule has 1 aromatic carbocycles. The van der Waals surface area contributed by atoms with Crippen molar-refractivity contribution in [2.24, 2.45) is 0 Å². The van der Waals surface area contributed by atoms with E-state index in [1.807, 2.05) is 6.92 Å². The minimum atomic E-state index is -0.368. The molecule has 0 bridgehead atoms. The Balaban J connectivity index is 2.23. The van der Waals surface area contributed by atoms with E-state index in [0.29, 0.717) is 11.3 Å². The first-order chi connectivity index (χ1) is 10.0. The molecule has 6 nitrogen and oxygen atoms in total. The number of anilines is 1. The van der Waals surface area contributed by atoms with E-state index in [4.69, 9.17) is 9.25 Å². The topological polar surface area (TPSA) is 71.8 Å². The zero-order valence-corrected chi connectivity index (χ0v) is 12.0. The Kier molecular flexibility index (Phi) is 4.39. The van der Waals surface area contributed by atoms with Crippen molar-refractivity contribution in [2.75, 3.05) is 19.5 Å². The minimum absolute atomic E-state index is 0.208. The number of amides is 2. The highest BCUT2D eigenvalue weighted by Gasteiger charge is 2.15. The number of aryl methyl sites for hydroxylation is 1. The molecule has 0 saturated carbocycles. The van der Waals surface area contributed by atoms with Gasteiger partial charge in [0.2, 0.25) is 0 Å². The van der Waals surface area contributed by atoms with Gasteiger partial charge in [-0.1, -0.05) is 6.07 Å². The summed E-state index contributed by atoms with van der Waals surface area (Å²) >= 11 is 0. The van der Waals surface area contributed by atoms with E-state index in [1.165, 1.54) is 20.4 Å². The van der Waals surface area contributed by atoms with Crippen LogP contribution in [0.5, 0.6) is 0 Å². The smallest absolute Gasteiger partial charge is 0.291 e. The van der Waals surface area contributed by atoms with Crippen LogP contribution in [0.2, 0.25) is 0 Å². The Bertz CT molecular complexity index is 650. The van der Waals surface area contributed by atoms with Crippen molar-refractivity contribution < 1.29 is 18.8 Å². The van der Waals surface area contributed by atoms with Crippen molar-refractivity contribution in [2.45, 2.75) is 6.92 Å². The minimum Gasteiger partial charge on any atom is -0.459 e. The summed E-state index contributed by atoms with van der Waals surface area (Å²) in [5, 5.41) is 3.83. The molecule has 6 heteroatoms. The quantitative estimate of drug-likeness (QED) is 0.877. The van der Waals surface area contributed by atoms with E-state index < -0.39 is 0 Å². The predicted octanol–water partition coefficient (Wildman–Crippen LogP) is 2.47. The predicted molar refractivity (Wildman–Crippen MR) is 76.9 cm³/mol. The molecule has 0 saturated heterocycles. The molecular weight excluding hydrogens is 272 g/mol. The van der Waals surface area contributed by atoms with Gasteiger partial charge in [0, 0.05) is 18.3 Å². The zero-order chi connectivity index (χ0) is 15.4. The molecule has 2 amide bonds. The third kappa shape index (κ3) is 3.29. The van der Waals surface area contributed by atoms with Crippen molar-refractivity contribution in [1.29, 1.82) is 0 Å². The zero-order valence-electron chi connectivity index (χ0n) is 12.0. The van der Waals surface area contributed by atoms with Crippen LogP contribution in [0.25, 0.3) is 0 Å². The molecule has 1 N–H and O–H groups in total. The molecule has 0 aliphatic rings. The SMILES string of the molecule is CON(C)C(=O)c1ccc(C)c(NC(=O)c2ccco2)c1. The summed E-state index contributed by atoms with van der Waals surface area (Å²) in [6.45, 7) is 1.84. The molecule has 1 heterocycles. The number of hydrogen-bond acceptors (Lipinski definition) is 4. The summed E-state index contributed by atoms with van der Waals surface area (Å²) in [4.78, 5) is 28.9. The van der Waals surface area contributed by atoms with Gasteiger partial charge in [-0.3, -0.25) is 14.4 Å². The van der Waals surface area contributed by atoms with E-state index in [-0.39, 0.29) is 17.6 Å². The molecule has 0 fully saturated rings. The average Bonchev–Trinajstić information content (AvgIpc) is 3.02. The third-order valence-corrected chi connectivity index (χ3v) is 3.04. The molecule has 110 valence electrons. The largest absolute Gasteiger partial charge is 0.459 e. The van der Waals surface area contributed by atoms with Crippen LogP contribution in [-0.2, 0) is 4.84 Å². The number of rotatable bonds is 4. The van der Waals surface area contributed by atoms with Crippen LogP contribution in [-0.4, -0.2) is 31.0 Å². The maximum atomic E-state index is 12.0. The van der Waals surface area contributed by atoms with Crippen molar-refractivity contribution in [3.63, 3.8) is 0 Å². The second-order valence-corrected chi connectivity index (χ2v) is 4.45. The standard InChI is InChI=1S/C15H16N2O4/c1-10-6-7-11(15(19)17(2)20-3)9-12(10)16-14(18)13-5-4-8-21-13/h4-9H,1-3H3,(H,16,18). The third-order valence-electron chi connectivity index (χ3n) is 3.04. The van der Waals surface area contributed by atoms with Crippen molar-refractivity contribution in [3.8, 4) is 0 Å². The lowest BCUT2D eigenvalue weighted by atomic mass is 10.1. The van der Waals surface area contributed by atoms with E-state index in [1.54, 1.807) is 30.3 Å². The second-order valence-electron chi connectivity index (χ2n) is 4.45. The fourth-order valence-electron chi connectivity index (χ4n) is 1.75. The number of carbonyl (C=O) groups excluding carboxylic acids is 2. The lowest BCUT2D eigenvalue weighted by molar-refractivity contribution is -0.0756. The van der Waals surface area contributed by atoms with Crippen LogP contribution in [0.15, 0.2) is 41.0 Å². The molecule has 0 radical (unpaired) electrons. The van der Waals surface area contributed by atoms with Crippen LogP contribution in [0.1, 0.15) is 26.5 Å². The van der Waals surface area contributed by atoms with E-state index in [9.17, 15) is 9.59 Å². The highest BCUT2D eigenvalue weighted by Crippen LogP contribution is 2.19. The monoisotopic (exact) mass is 288 g/mol. The Labute approximate surface area is 122 Å². The molecule has 1 aromatic heterocycles. The van der Waals surface area contributed by atoms with Gasteiger partial charge >= 0.3 is 0 Å². The number of nitrogens with one attached hydrogen (secondary N) is 1. The fourth-order valence-corrected chi connectivity index (χ4v) is 1.75. The molecular formula is C15H16N2O4. The number of benzene rings is 1. The number of nitrogens with zero attached hydrogens (tertiary/aromatic N) is 1. The Morgan fingerprint density at radius 2 is 2.05 bits per heavy atom. The molecule has 0 aliphatic heterocycles. The molecule has 0 spiro atoms. The highest BCUT2D eigenvalue weighted by molar-refractivity contribution is 6.03. The molecule has 0 aliphatic carbocycles. The first kappa shape index (κ1) is 14.8. The molecule has 0 unspecified atom stereocenters. The van der Waals surface area contributed by atoms with Crippen LogP contribution in [0.4, 0.5) is 5.69 Å². The fraction of sp³-hybridized carbons (Fsp3) is 0.200. The number of hydroxylamine groups is 2. The summed E-state index contributed by atoms with van der Waals surface area (Å²) < 4.78 is 5.03.